The first-order chi connectivity index (χ1) is 22.9. The average Bonchev–Trinajstić information content (AvgIpc) is 3.94. The molecule has 0 unspecified atom stereocenters. The van der Waals surface area contributed by atoms with Crippen LogP contribution in [-0.2, 0) is 30.6 Å². The molecule has 2 aliphatic heterocycles. The van der Waals surface area contributed by atoms with Crippen LogP contribution < -0.4 is 14.7 Å². The summed E-state index contributed by atoms with van der Waals surface area (Å²) < 4.78 is 11.1. The van der Waals surface area contributed by atoms with Gasteiger partial charge in [0.05, 0.1) is 34.9 Å². The number of benzene rings is 1. The third-order valence-corrected chi connectivity index (χ3v) is 8.42. The molecule has 5 heterocycles. The van der Waals surface area contributed by atoms with Gasteiger partial charge in [-0.25, -0.2) is 14.8 Å². The fraction of sp³-hybridized carbons (Fsp3) is 0.308. The molecule has 244 valence electrons. The van der Waals surface area contributed by atoms with Gasteiger partial charge in [-0.15, -0.1) is 22.1 Å². The van der Waals surface area contributed by atoms with Gasteiger partial charge in [0, 0.05) is 5.75 Å². The zero-order valence-electron chi connectivity index (χ0n) is 28.5. The molecule has 0 fully saturated rings. The Morgan fingerprint density at radius 1 is 0.667 bits per heavy atom. The number of nitrogens with zero attached hydrogens (tertiary/aromatic N) is 4. The van der Waals surface area contributed by atoms with Crippen LogP contribution in [0.2, 0.25) is 0 Å². The van der Waals surface area contributed by atoms with Crippen LogP contribution in [-0.4, -0.2) is 34.9 Å². The summed E-state index contributed by atoms with van der Waals surface area (Å²) in [6.45, 7) is 11.1. The Balaban J connectivity index is 0.00000170. The summed E-state index contributed by atoms with van der Waals surface area (Å²) in [5.41, 5.74) is 12.2. The fourth-order valence-electron chi connectivity index (χ4n) is 5.50. The van der Waals surface area contributed by atoms with Gasteiger partial charge in [-0.1, -0.05) is 38.1 Å². The van der Waals surface area contributed by atoms with Gasteiger partial charge in [-0.3, -0.25) is 0 Å². The molecule has 48 heavy (non-hydrogen) atoms. The fourth-order valence-corrected chi connectivity index (χ4v) is 5.59. The average molecular weight is 712 g/mol. The Morgan fingerprint density at radius 3 is 1.73 bits per heavy atom. The van der Waals surface area contributed by atoms with E-state index in [1.807, 2.05) is 13.8 Å². The predicted molar refractivity (Wildman–Crippen MR) is 196 cm³/mol. The minimum Gasteiger partial charge on any atom is -0.657 e. The summed E-state index contributed by atoms with van der Waals surface area (Å²) in [6.07, 6.45) is 12.0. The van der Waals surface area contributed by atoms with E-state index in [9.17, 15) is 4.79 Å². The van der Waals surface area contributed by atoms with E-state index in [0.29, 0.717) is 24.5 Å². The summed E-state index contributed by atoms with van der Waals surface area (Å²) in [5.74, 6) is 0.883. The summed E-state index contributed by atoms with van der Waals surface area (Å²) in [7, 11) is 0. The number of hydrogen-bond donors (Lipinski definition) is 1. The van der Waals surface area contributed by atoms with Crippen LogP contribution in [0.25, 0.3) is 46.4 Å². The van der Waals surface area contributed by atoms with Crippen LogP contribution in [0.15, 0.2) is 48.5 Å². The molecular formula is C39H42N4O3SZn. The first-order valence-electron chi connectivity index (χ1n) is 16.4. The van der Waals surface area contributed by atoms with Crippen molar-refractivity contribution in [2.75, 3.05) is 19.0 Å². The molecule has 1 aromatic carbocycles. The van der Waals surface area contributed by atoms with E-state index in [-0.39, 0.29) is 25.4 Å². The molecule has 6 rings (SSSR count). The Kier molecular flexibility index (Phi) is 13.4. The number of thiol groups is 1. The second-order valence-corrected chi connectivity index (χ2v) is 11.7. The minimum absolute atomic E-state index is 0. The Hall–Kier alpha value is -3.94. The van der Waals surface area contributed by atoms with Crippen molar-refractivity contribution in [2.24, 2.45) is 0 Å². The van der Waals surface area contributed by atoms with Crippen molar-refractivity contribution in [3.05, 3.63) is 99.1 Å². The number of aryl methyl sites for hydroxylation is 4. The van der Waals surface area contributed by atoms with Crippen molar-refractivity contribution in [3.63, 3.8) is 0 Å². The van der Waals surface area contributed by atoms with Gasteiger partial charge in [0.2, 0.25) is 0 Å². The smallest absolute Gasteiger partial charge is 0.657 e. The standard InChI is InChI=1S/C37H36N4O3S.C2H6.Zn/c1-23-29-12-14-31(38-29)24(2)33-16-18-35(40-33)28(36-19-17-34(41-36)25(3)32-15-13-30(23)39-32)7-5-4-6-20-43-27-10-8-26(9-11-27)37(42)44-21-22-45;1-2;/h8-19H,4-7,20-22H2,1-3H3,(H-2,38,39,40,41,45);1-2H3;/q-2;;+2. The molecule has 7 nitrogen and oxygen atoms in total. The Labute approximate surface area is 301 Å². The molecule has 4 aromatic rings. The normalized spacial score (nSPS) is 11.5. The molecule has 0 saturated carbocycles. The Bertz CT molecular complexity index is 1960. The molecule has 0 radical (unpaired) electrons. The zero-order valence-corrected chi connectivity index (χ0v) is 32.4. The predicted octanol–water partition coefficient (Wildman–Crippen LogP) is 8.74. The van der Waals surface area contributed by atoms with Crippen molar-refractivity contribution < 1.29 is 33.7 Å². The van der Waals surface area contributed by atoms with Crippen LogP contribution >= 0.6 is 12.6 Å². The van der Waals surface area contributed by atoms with Crippen molar-refractivity contribution >= 4 is 65.0 Å². The number of ether oxygens (including phenoxy) is 2. The first-order valence-corrected chi connectivity index (χ1v) is 17.0. The molecule has 0 N–H and O–H groups in total. The van der Waals surface area contributed by atoms with E-state index < -0.39 is 0 Å². The maximum Gasteiger partial charge on any atom is 2.00 e. The maximum absolute atomic E-state index is 12.0. The molecule has 9 heteroatoms. The summed E-state index contributed by atoms with van der Waals surface area (Å²) in [5, 5.41) is 0. The molecule has 0 saturated heterocycles. The van der Waals surface area contributed by atoms with Gasteiger partial charge in [0.25, 0.3) is 0 Å². The van der Waals surface area contributed by atoms with E-state index >= 15 is 0 Å². The van der Waals surface area contributed by atoms with Gasteiger partial charge in [-0.05, 0) is 117 Å². The van der Waals surface area contributed by atoms with E-state index in [0.717, 1.165) is 98.5 Å². The van der Waals surface area contributed by atoms with Gasteiger partial charge >= 0.3 is 25.4 Å². The van der Waals surface area contributed by atoms with Crippen molar-refractivity contribution in [2.45, 2.75) is 60.3 Å². The van der Waals surface area contributed by atoms with E-state index in [1.54, 1.807) is 24.3 Å². The van der Waals surface area contributed by atoms with Crippen LogP contribution in [0.5, 0.6) is 5.75 Å². The van der Waals surface area contributed by atoms with Crippen LogP contribution in [0, 0.1) is 20.8 Å². The summed E-state index contributed by atoms with van der Waals surface area (Å²) >= 11 is 4.07. The number of rotatable bonds is 10. The number of unbranched alkanes of at least 4 members (excludes halogenated alkanes) is 2. The molecule has 0 amide bonds. The maximum atomic E-state index is 12.0. The second kappa shape index (κ2) is 17.5. The molecule has 0 atom stereocenters. The van der Waals surface area contributed by atoms with Gasteiger partial charge in [0.15, 0.2) is 0 Å². The number of esters is 1. The molecule has 0 aliphatic carbocycles. The second-order valence-electron chi connectivity index (χ2n) is 11.3. The van der Waals surface area contributed by atoms with E-state index in [4.69, 9.17) is 29.4 Å². The number of aromatic nitrogens is 4. The zero-order chi connectivity index (χ0) is 33.3. The number of carbonyl (C=O) groups excluding carboxylic acids is 1. The van der Waals surface area contributed by atoms with Crippen molar-refractivity contribution in [1.82, 2.24) is 19.9 Å². The monoisotopic (exact) mass is 710 g/mol. The van der Waals surface area contributed by atoms with E-state index in [1.165, 1.54) is 0 Å². The minimum atomic E-state index is -0.349. The van der Waals surface area contributed by atoms with Gasteiger partial charge in [0.1, 0.15) is 12.4 Å². The molecular weight excluding hydrogens is 670 g/mol. The number of fused-ring (bicyclic) bond motifs is 8. The SMILES string of the molecule is CC.Cc1c2nc(c(C)c3ccc([n-]3)c(CCCCCOc3ccc(C(=O)OCCS)cc3)c3nc(c(C)c4ccc1[n-]4)C=C3)C=C2.[Zn+2]. The molecule has 2 aliphatic rings. The van der Waals surface area contributed by atoms with E-state index in [2.05, 4.69) is 82.0 Å². The summed E-state index contributed by atoms with van der Waals surface area (Å²) in [4.78, 5) is 32.0. The molecule has 8 bridgehead atoms. The molecule has 3 aromatic heterocycles. The quantitative estimate of drug-likeness (QED) is 0.0658. The first kappa shape index (κ1) is 36.9. The molecule has 0 spiro atoms. The largest absolute Gasteiger partial charge is 2.00 e. The van der Waals surface area contributed by atoms with Crippen LogP contribution in [0.4, 0.5) is 0 Å². The Morgan fingerprint density at radius 2 is 1.17 bits per heavy atom. The third kappa shape index (κ3) is 8.55. The number of carbonyl (C=O) groups is 1. The van der Waals surface area contributed by atoms with Gasteiger partial charge in [-0.2, -0.15) is 12.6 Å². The van der Waals surface area contributed by atoms with Crippen LogP contribution in [0.3, 0.4) is 0 Å². The number of hydrogen-bond acceptors (Lipinski definition) is 6. The van der Waals surface area contributed by atoms with Crippen molar-refractivity contribution in [1.29, 1.82) is 0 Å². The topological polar surface area (TPSA) is 89.5 Å². The van der Waals surface area contributed by atoms with Crippen LogP contribution in [0.1, 0.15) is 88.5 Å². The summed E-state index contributed by atoms with van der Waals surface area (Å²) in [6, 6.07) is 15.4. The van der Waals surface area contributed by atoms with Crippen molar-refractivity contribution in [3.8, 4) is 5.75 Å². The third-order valence-electron chi connectivity index (χ3n) is 8.24. The van der Waals surface area contributed by atoms with Gasteiger partial charge < -0.3 is 19.4 Å².